The average molecular weight is 240 g/mol. The lowest BCUT2D eigenvalue weighted by Crippen LogP contribution is -1.91. The number of rotatable bonds is 4. The third kappa shape index (κ3) is 72.6. The second kappa shape index (κ2) is 29.2. The van der Waals surface area contributed by atoms with Crippen LogP contribution in [0.3, 0.4) is 0 Å². The van der Waals surface area contributed by atoms with Gasteiger partial charge in [-0.05, 0) is 25.5 Å². The molecule has 0 amide bonds. The van der Waals surface area contributed by atoms with E-state index in [0.717, 1.165) is 11.7 Å². The minimum absolute atomic E-state index is 0.814. The highest BCUT2D eigenvalue weighted by molar-refractivity contribution is 7.99. The summed E-state index contributed by atoms with van der Waals surface area (Å²) in [6.07, 6.45) is 12.6. The Kier molecular flexibility index (Phi) is 44.7. The first kappa shape index (κ1) is 24.4. The SMILES string of the molecule is C#C.C#CC.C=C(C)CSCC(C)C.CC. The monoisotopic (exact) mass is 240 g/mol. The van der Waals surface area contributed by atoms with Crippen LogP contribution in [-0.4, -0.2) is 11.5 Å². The van der Waals surface area contributed by atoms with Crippen LogP contribution in [-0.2, 0) is 0 Å². The first-order chi connectivity index (χ1) is 7.54. The van der Waals surface area contributed by atoms with Crippen molar-refractivity contribution >= 4 is 11.8 Å². The van der Waals surface area contributed by atoms with Crippen molar-refractivity contribution in [3.63, 3.8) is 0 Å². The van der Waals surface area contributed by atoms with Gasteiger partial charge in [0.2, 0.25) is 0 Å². The molecule has 0 bridgehead atoms. The Hall–Kier alpha value is -0.790. The number of thioether (sulfide) groups is 1. The third-order valence-corrected chi connectivity index (χ3v) is 2.40. The van der Waals surface area contributed by atoms with E-state index in [9.17, 15) is 0 Å². The van der Waals surface area contributed by atoms with Crippen LogP contribution in [0.25, 0.3) is 0 Å². The second-order valence-electron chi connectivity index (χ2n) is 3.15. The fourth-order valence-corrected chi connectivity index (χ4v) is 1.41. The van der Waals surface area contributed by atoms with E-state index in [0.29, 0.717) is 0 Å². The lowest BCUT2D eigenvalue weighted by Gasteiger charge is -2.02. The molecule has 0 rings (SSSR count). The van der Waals surface area contributed by atoms with E-state index in [1.165, 1.54) is 11.3 Å². The fraction of sp³-hybridized carbons (Fsp3) is 0.600. The summed E-state index contributed by atoms with van der Waals surface area (Å²) in [7, 11) is 0. The van der Waals surface area contributed by atoms with Crippen molar-refractivity contribution < 1.29 is 0 Å². The molecule has 0 aromatic rings. The molecule has 94 valence electrons. The molecule has 0 aromatic carbocycles. The van der Waals surface area contributed by atoms with Gasteiger partial charge in [-0.25, -0.2) is 0 Å². The van der Waals surface area contributed by atoms with Crippen LogP contribution in [0.4, 0.5) is 0 Å². The topological polar surface area (TPSA) is 0 Å². The van der Waals surface area contributed by atoms with Crippen LogP contribution in [0.1, 0.15) is 41.5 Å². The zero-order valence-electron chi connectivity index (χ0n) is 11.8. The van der Waals surface area contributed by atoms with Crippen molar-refractivity contribution in [3.05, 3.63) is 12.2 Å². The molecule has 0 aliphatic heterocycles. The predicted octanol–water partition coefficient (Wildman–Crippen LogP) is 4.87. The van der Waals surface area contributed by atoms with E-state index in [1.54, 1.807) is 6.92 Å². The zero-order valence-corrected chi connectivity index (χ0v) is 12.7. The molecular weight excluding hydrogens is 212 g/mol. The minimum atomic E-state index is 0.814. The van der Waals surface area contributed by atoms with Crippen molar-refractivity contribution in [2.45, 2.75) is 41.5 Å². The maximum absolute atomic E-state index is 4.60. The highest BCUT2D eigenvalue weighted by atomic mass is 32.2. The molecule has 0 aromatic heterocycles. The Morgan fingerprint density at radius 2 is 1.62 bits per heavy atom. The highest BCUT2D eigenvalue weighted by Gasteiger charge is 1.92. The number of hydrogen-bond donors (Lipinski definition) is 0. The predicted molar refractivity (Wildman–Crippen MR) is 82.7 cm³/mol. The van der Waals surface area contributed by atoms with Crippen LogP contribution in [0.15, 0.2) is 12.2 Å². The Bertz CT molecular complexity index is 170. The number of hydrogen-bond acceptors (Lipinski definition) is 1. The van der Waals surface area contributed by atoms with Gasteiger partial charge in [-0.1, -0.05) is 39.8 Å². The summed E-state index contributed by atoms with van der Waals surface area (Å²) in [6, 6.07) is 0. The number of terminal acetylenes is 2. The maximum atomic E-state index is 4.60. The van der Waals surface area contributed by atoms with Crippen LogP contribution in [0.5, 0.6) is 0 Å². The second-order valence-corrected chi connectivity index (χ2v) is 4.19. The van der Waals surface area contributed by atoms with Crippen molar-refractivity contribution in [2.24, 2.45) is 5.92 Å². The van der Waals surface area contributed by atoms with Crippen molar-refractivity contribution in [1.82, 2.24) is 0 Å². The summed E-state index contributed by atoms with van der Waals surface area (Å²) in [5.74, 6) is 5.44. The van der Waals surface area contributed by atoms with Gasteiger partial charge in [0.25, 0.3) is 0 Å². The Morgan fingerprint density at radius 3 is 1.81 bits per heavy atom. The molecule has 0 saturated carbocycles. The first-order valence-corrected chi connectivity index (χ1v) is 6.62. The molecule has 0 aliphatic rings. The molecule has 0 radical (unpaired) electrons. The Balaban J connectivity index is -0.0000000864. The molecule has 0 N–H and O–H groups in total. The largest absolute Gasteiger partial charge is 0.157 e. The van der Waals surface area contributed by atoms with Crippen LogP contribution >= 0.6 is 11.8 Å². The highest BCUT2D eigenvalue weighted by Crippen LogP contribution is 2.09. The normalized spacial score (nSPS) is 6.75. The average Bonchev–Trinajstić information content (AvgIpc) is 2.24. The minimum Gasteiger partial charge on any atom is -0.157 e. The van der Waals surface area contributed by atoms with Gasteiger partial charge in [0.15, 0.2) is 0 Å². The van der Waals surface area contributed by atoms with Crippen molar-refractivity contribution in [2.75, 3.05) is 11.5 Å². The van der Waals surface area contributed by atoms with Gasteiger partial charge in [-0.15, -0.1) is 25.2 Å². The summed E-state index contributed by atoms with van der Waals surface area (Å²) in [4.78, 5) is 0. The third-order valence-electron chi connectivity index (χ3n) is 0.800. The lowest BCUT2D eigenvalue weighted by molar-refractivity contribution is 0.750. The Morgan fingerprint density at radius 1 is 1.31 bits per heavy atom. The van der Waals surface area contributed by atoms with E-state index in [4.69, 9.17) is 0 Å². The molecule has 0 saturated heterocycles. The van der Waals surface area contributed by atoms with Crippen molar-refractivity contribution in [3.8, 4) is 25.2 Å². The molecular formula is C15H28S. The molecule has 0 atom stereocenters. The van der Waals surface area contributed by atoms with Gasteiger partial charge in [0.1, 0.15) is 0 Å². The van der Waals surface area contributed by atoms with Gasteiger partial charge >= 0.3 is 0 Å². The summed E-state index contributed by atoms with van der Waals surface area (Å²) in [6.45, 7) is 16.0. The zero-order chi connectivity index (χ0) is 14.0. The molecule has 16 heavy (non-hydrogen) atoms. The molecule has 1 heteroatoms. The Labute approximate surface area is 108 Å². The fourth-order valence-electron chi connectivity index (χ4n) is 0.469. The maximum Gasteiger partial charge on any atom is 0.0137 e. The van der Waals surface area contributed by atoms with Crippen molar-refractivity contribution in [1.29, 1.82) is 0 Å². The molecule has 0 spiro atoms. The summed E-state index contributed by atoms with van der Waals surface area (Å²) >= 11 is 1.97. The van der Waals surface area contributed by atoms with E-state index < -0.39 is 0 Å². The molecule has 0 unspecified atom stereocenters. The van der Waals surface area contributed by atoms with Gasteiger partial charge in [0.05, 0.1) is 0 Å². The standard InChI is InChI=1S/C8H16S.C3H4.C2H6.C2H2/c1-7(2)5-9-6-8(3)4;1-3-2;2*1-2/h8H,1,5-6H2,2-4H3;1H,2H3;1-2H3;1-2H. The molecule has 0 nitrogen and oxygen atoms in total. The van der Waals surface area contributed by atoms with Gasteiger partial charge in [0, 0.05) is 5.75 Å². The van der Waals surface area contributed by atoms with Crippen LogP contribution < -0.4 is 0 Å². The molecule has 0 aliphatic carbocycles. The summed E-state index contributed by atoms with van der Waals surface area (Å²) in [5.41, 5.74) is 1.28. The summed E-state index contributed by atoms with van der Waals surface area (Å²) in [5, 5.41) is 0. The van der Waals surface area contributed by atoms with E-state index in [2.05, 4.69) is 52.5 Å². The molecule has 0 heterocycles. The van der Waals surface area contributed by atoms with Gasteiger partial charge in [-0.3, -0.25) is 0 Å². The molecule has 0 fully saturated rings. The van der Waals surface area contributed by atoms with E-state index in [1.807, 2.05) is 25.6 Å². The van der Waals surface area contributed by atoms with Gasteiger partial charge in [-0.2, -0.15) is 11.8 Å². The quantitative estimate of drug-likeness (QED) is 0.499. The summed E-state index contributed by atoms with van der Waals surface area (Å²) < 4.78 is 0. The van der Waals surface area contributed by atoms with E-state index >= 15 is 0 Å². The van der Waals surface area contributed by atoms with Crippen LogP contribution in [0, 0.1) is 31.1 Å². The first-order valence-electron chi connectivity index (χ1n) is 5.47. The van der Waals surface area contributed by atoms with E-state index in [-0.39, 0.29) is 0 Å². The van der Waals surface area contributed by atoms with Crippen LogP contribution in [0.2, 0.25) is 0 Å². The lowest BCUT2D eigenvalue weighted by atomic mass is 10.3. The smallest absolute Gasteiger partial charge is 0.0137 e. The van der Waals surface area contributed by atoms with Gasteiger partial charge < -0.3 is 0 Å².